The molecule has 2 saturated heterocycles. The molecule has 0 spiro atoms. The third-order valence-electron chi connectivity index (χ3n) is 5.57. The fourth-order valence-corrected chi connectivity index (χ4v) is 5.63. The first-order valence-corrected chi connectivity index (χ1v) is 10.3. The van der Waals surface area contributed by atoms with Crippen LogP contribution in [0.15, 0.2) is 29.2 Å². The number of carbonyl (C=O) groups is 1. The van der Waals surface area contributed by atoms with Crippen molar-refractivity contribution in [1.82, 2.24) is 9.21 Å². The second-order valence-electron chi connectivity index (χ2n) is 7.17. The molecular formula is C18H25FN2O4S. The Bertz CT molecular complexity index is 785. The van der Waals surface area contributed by atoms with E-state index in [0.29, 0.717) is 45.8 Å². The number of amides is 1. The van der Waals surface area contributed by atoms with Gasteiger partial charge in [0.2, 0.25) is 15.9 Å². The van der Waals surface area contributed by atoms with Crippen LogP contribution in [0.2, 0.25) is 0 Å². The van der Waals surface area contributed by atoms with Crippen LogP contribution >= 0.6 is 0 Å². The van der Waals surface area contributed by atoms with Crippen LogP contribution in [0.5, 0.6) is 0 Å². The van der Waals surface area contributed by atoms with Crippen LogP contribution < -0.4 is 0 Å². The van der Waals surface area contributed by atoms with Gasteiger partial charge in [0.05, 0.1) is 11.5 Å². The van der Waals surface area contributed by atoms with Crippen molar-refractivity contribution in [3.8, 4) is 0 Å². The molecule has 26 heavy (non-hydrogen) atoms. The summed E-state index contributed by atoms with van der Waals surface area (Å²) in [5.41, 5.74) is -0.303. The highest BCUT2D eigenvalue weighted by atomic mass is 32.2. The highest BCUT2D eigenvalue weighted by Crippen LogP contribution is 2.44. The fraction of sp³-hybridized carbons (Fsp3) is 0.611. The molecule has 0 radical (unpaired) electrons. The third kappa shape index (κ3) is 3.50. The Balaban J connectivity index is 1.88. The maximum Gasteiger partial charge on any atom is 0.243 e. The van der Waals surface area contributed by atoms with Gasteiger partial charge in [0.1, 0.15) is 5.82 Å². The number of rotatable bonds is 5. The quantitative estimate of drug-likeness (QED) is 0.775. The number of halogens is 1. The molecule has 0 saturated carbocycles. The molecule has 2 heterocycles. The lowest BCUT2D eigenvalue weighted by molar-refractivity contribution is -0.133. The van der Waals surface area contributed by atoms with Gasteiger partial charge in [-0.25, -0.2) is 12.8 Å². The number of likely N-dealkylation sites (tertiary alicyclic amines) is 1. The molecule has 0 unspecified atom stereocenters. The minimum Gasteiger partial charge on any atom is -0.381 e. The molecule has 8 heteroatoms. The van der Waals surface area contributed by atoms with Crippen LogP contribution in [0.4, 0.5) is 4.39 Å². The number of nitrogens with zero attached hydrogens (tertiary/aromatic N) is 2. The Labute approximate surface area is 154 Å². The van der Waals surface area contributed by atoms with Gasteiger partial charge in [0, 0.05) is 45.1 Å². The number of piperidine rings is 1. The summed E-state index contributed by atoms with van der Waals surface area (Å²) in [7, 11) is -3.79. The van der Waals surface area contributed by atoms with E-state index in [1.54, 1.807) is 4.90 Å². The smallest absolute Gasteiger partial charge is 0.243 e. The van der Waals surface area contributed by atoms with Crippen LogP contribution in [0.25, 0.3) is 0 Å². The second-order valence-corrected chi connectivity index (χ2v) is 9.10. The highest BCUT2D eigenvalue weighted by Gasteiger charge is 2.52. The first-order chi connectivity index (χ1) is 12.3. The van der Waals surface area contributed by atoms with Gasteiger partial charge in [-0.05, 0) is 37.5 Å². The average Bonchev–Trinajstić information content (AvgIpc) is 2.99. The zero-order chi connectivity index (χ0) is 18.9. The van der Waals surface area contributed by atoms with E-state index in [9.17, 15) is 17.6 Å². The van der Waals surface area contributed by atoms with E-state index in [4.69, 9.17) is 4.74 Å². The average molecular weight is 384 g/mol. The van der Waals surface area contributed by atoms with Gasteiger partial charge in [-0.3, -0.25) is 4.79 Å². The predicted molar refractivity (Wildman–Crippen MR) is 94.4 cm³/mol. The van der Waals surface area contributed by atoms with Gasteiger partial charge in [-0.1, -0.05) is 6.07 Å². The Morgan fingerprint density at radius 1 is 1.38 bits per heavy atom. The number of hydrogen-bond donors (Lipinski definition) is 0. The number of sulfonamides is 1. The van der Waals surface area contributed by atoms with Crippen molar-refractivity contribution in [2.45, 2.75) is 25.2 Å². The molecule has 2 fully saturated rings. The lowest BCUT2D eigenvalue weighted by atomic mass is 9.73. The maximum absolute atomic E-state index is 13.5. The van der Waals surface area contributed by atoms with E-state index in [-0.39, 0.29) is 22.1 Å². The molecule has 0 aliphatic carbocycles. The number of hydrogen-bond acceptors (Lipinski definition) is 4. The van der Waals surface area contributed by atoms with Crippen molar-refractivity contribution < 1.29 is 22.3 Å². The van der Waals surface area contributed by atoms with Crippen LogP contribution in [0.3, 0.4) is 0 Å². The normalized spacial score (nSPS) is 26.7. The largest absolute Gasteiger partial charge is 0.381 e. The molecule has 0 bridgehead atoms. The minimum absolute atomic E-state index is 0.00134. The van der Waals surface area contributed by atoms with E-state index in [1.165, 1.54) is 29.4 Å². The van der Waals surface area contributed by atoms with Gasteiger partial charge >= 0.3 is 0 Å². The highest BCUT2D eigenvalue weighted by molar-refractivity contribution is 7.89. The van der Waals surface area contributed by atoms with E-state index < -0.39 is 15.8 Å². The topological polar surface area (TPSA) is 66.9 Å². The zero-order valence-corrected chi connectivity index (χ0v) is 16.0. The number of ether oxygens (including phenoxy) is 1. The van der Waals surface area contributed by atoms with Gasteiger partial charge in [-0.2, -0.15) is 4.31 Å². The lowest BCUT2D eigenvalue weighted by Gasteiger charge is -2.43. The summed E-state index contributed by atoms with van der Waals surface area (Å²) in [6.07, 6.45) is 0.701. The molecule has 0 aromatic heterocycles. The van der Waals surface area contributed by atoms with Crippen molar-refractivity contribution >= 4 is 15.9 Å². The van der Waals surface area contributed by atoms with Crippen molar-refractivity contribution in [3.63, 3.8) is 0 Å². The van der Waals surface area contributed by atoms with E-state index in [1.807, 2.05) is 6.92 Å². The molecular weight excluding hydrogens is 359 g/mol. The van der Waals surface area contributed by atoms with Gasteiger partial charge in [0.15, 0.2) is 0 Å². The van der Waals surface area contributed by atoms with Gasteiger partial charge in [-0.15, -0.1) is 0 Å². The molecule has 2 atom stereocenters. The fourth-order valence-electron chi connectivity index (χ4n) is 4.02. The summed E-state index contributed by atoms with van der Waals surface area (Å²) < 4.78 is 46.6. The van der Waals surface area contributed by atoms with Crippen molar-refractivity contribution in [3.05, 3.63) is 30.1 Å². The number of benzene rings is 1. The van der Waals surface area contributed by atoms with Gasteiger partial charge < -0.3 is 9.64 Å². The Hall–Kier alpha value is -1.51. The Morgan fingerprint density at radius 3 is 2.81 bits per heavy atom. The van der Waals surface area contributed by atoms with E-state index in [2.05, 4.69) is 0 Å². The first kappa shape index (κ1) is 19.3. The summed E-state index contributed by atoms with van der Waals surface area (Å²) in [4.78, 5) is 13.5. The lowest BCUT2D eigenvalue weighted by Crippen LogP contribution is -2.50. The number of carbonyl (C=O) groups excluding carboxylic acids is 1. The van der Waals surface area contributed by atoms with Crippen LogP contribution in [0.1, 0.15) is 20.3 Å². The zero-order valence-electron chi connectivity index (χ0n) is 15.2. The second kappa shape index (κ2) is 7.25. The molecule has 2 aliphatic heterocycles. The summed E-state index contributed by atoms with van der Waals surface area (Å²) in [5, 5.41) is 0. The minimum atomic E-state index is -3.79. The SMILES string of the molecule is CCOC[C@@]12CCN(C(C)=O)C[C@@H]1CN(S(=O)(=O)c1cccc(F)c1)C2. The predicted octanol–water partition coefficient (Wildman–Crippen LogP) is 1.72. The first-order valence-electron chi connectivity index (χ1n) is 8.87. The van der Waals surface area contributed by atoms with Gasteiger partial charge in [0.25, 0.3) is 0 Å². The molecule has 144 valence electrons. The standard InChI is InChI=1S/C18H25FN2O4S/c1-3-25-13-18-7-8-20(14(2)22)10-15(18)11-21(12-18)26(23,24)17-6-4-5-16(19)9-17/h4-6,9,15H,3,7-8,10-13H2,1-2H3/t15-,18+/m1/s1. The molecule has 6 nitrogen and oxygen atoms in total. The summed E-state index contributed by atoms with van der Waals surface area (Å²) in [6, 6.07) is 5.09. The molecule has 1 amide bonds. The van der Waals surface area contributed by atoms with Crippen LogP contribution in [-0.2, 0) is 19.6 Å². The van der Waals surface area contributed by atoms with Crippen LogP contribution in [0, 0.1) is 17.2 Å². The Morgan fingerprint density at radius 2 is 2.15 bits per heavy atom. The monoisotopic (exact) mass is 384 g/mol. The third-order valence-corrected chi connectivity index (χ3v) is 7.38. The molecule has 1 aromatic rings. The summed E-state index contributed by atoms with van der Waals surface area (Å²) in [6.45, 7) is 6.25. The Kier molecular flexibility index (Phi) is 5.37. The summed E-state index contributed by atoms with van der Waals surface area (Å²) in [5.74, 6) is -0.564. The van der Waals surface area contributed by atoms with Crippen molar-refractivity contribution in [2.75, 3.05) is 39.4 Å². The number of fused-ring (bicyclic) bond motifs is 1. The molecule has 0 N–H and O–H groups in total. The molecule has 1 aromatic carbocycles. The summed E-state index contributed by atoms with van der Waals surface area (Å²) >= 11 is 0. The van der Waals surface area contributed by atoms with E-state index >= 15 is 0 Å². The molecule has 3 rings (SSSR count). The van der Waals surface area contributed by atoms with E-state index in [0.717, 1.165) is 6.07 Å². The van der Waals surface area contributed by atoms with Crippen molar-refractivity contribution in [2.24, 2.45) is 11.3 Å². The molecule has 2 aliphatic rings. The maximum atomic E-state index is 13.5. The van der Waals surface area contributed by atoms with Crippen molar-refractivity contribution in [1.29, 1.82) is 0 Å². The van der Waals surface area contributed by atoms with Crippen LogP contribution in [-0.4, -0.2) is 62.9 Å².